The second-order valence-corrected chi connectivity index (χ2v) is 8.35. The van der Waals surface area contributed by atoms with Gasteiger partial charge >= 0.3 is 0 Å². The van der Waals surface area contributed by atoms with Gasteiger partial charge in [0.2, 0.25) is 0 Å². The number of carbonyl (C=O) groups is 1. The molecule has 1 aliphatic rings. The second-order valence-electron chi connectivity index (χ2n) is 7.15. The number of hydrogen-bond acceptors (Lipinski definition) is 6. The Balaban J connectivity index is 1.70. The van der Waals surface area contributed by atoms with Gasteiger partial charge in [0.15, 0.2) is 0 Å². The molecule has 1 aliphatic heterocycles. The van der Waals surface area contributed by atoms with E-state index in [1.807, 2.05) is 13.8 Å². The third-order valence-corrected chi connectivity index (χ3v) is 6.31. The number of likely N-dealkylation sites (tertiary alicyclic amines) is 1. The van der Waals surface area contributed by atoms with Crippen molar-refractivity contribution in [1.82, 2.24) is 29.5 Å². The summed E-state index contributed by atoms with van der Waals surface area (Å²) >= 11 is 1.39. The molecule has 0 spiro atoms. The van der Waals surface area contributed by atoms with Gasteiger partial charge in [-0.1, -0.05) is 6.92 Å². The molecule has 0 bridgehead atoms. The minimum absolute atomic E-state index is 0.0574. The molecule has 4 rings (SSSR count). The van der Waals surface area contributed by atoms with Crippen molar-refractivity contribution < 1.29 is 13.6 Å². The Morgan fingerprint density at radius 1 is 1.32 bits per heavy atom. The van der Waals surface area contributed by atoms with Crippen molar-refractivity contribution in [2.24, 2.45) is 5.92 Å². The standard InChI is InChI=1S/C18H20F2N6OS/c1-9-4-5-25(17(27)15-10(2)23-11(3)28-15)7-12(9)14-6-13(16(19)20)24-18-21-8-22-26(14)18/h6,8-9,12,16H,4-5,7H2,1-3H3/t9-,12?/m1/s1. The molecule has 4 heterocycles. The Kier molecular flexibility index (Phi) is 4.82. The van der Waals surface area contributed by atoms with Crippen LogP contribution in [0.2, 0.25) is 0 Å². The number of fused-ring (bicyclic) bond motifs is 1. The maximum absolute atomic E-state index is 13.3. The molecule has 0 radical (unpaired) electrons. The summed E-state index contributed by atoms with van der Waals surface area (Å²) in [6.07, 6.45) is -0.614. The van der Waals surface area contributed by atoms with Gasteiger partial charge in [-0.05, 0) is 32.3 Å². The number of amides is 1. The van der Waals surface area contributed by atoms with Crippen LogP contribution in [0.5, 0.6) is 0 Å². The van der Waals surface area contributed by atoms with Crippen LogP contribution >= 0.6 is 11.3 Å². The number of piperidine rings is 1. The number of rotatable bonds is 3. The SMILES string of the molecule is Cc1nc(C)c(C(=O)N2CC[C@@H](C)C(c3cc(C(F)F)nc4ncnn34)C2)s1. The van der Waals surface area contributed by atoms with Crippen LogP contribution in [0.15, 0.2) is 12.4 Å². The first kappa shape index (κ1) is 18.9. The van der Waals surface area contributed by atoms with Gasteiger partial charge in [0.25, 0.3) is 18.1 Å². The molecule has 3 aromatic rings. The fraction of sp³-hybridized carbons (Fsp3) is 0.500. The summed E-state index contributed by atoms with van der Waals surface area (Å²) in [6, 6.07) is 1.39. The number of hydrogen-bond donors (Lipinski definition) is 0. The average Bonchev–Trinajstić information content (AvgIpc) is 3.26. The Morgan fingerprint density at radius 2 is 2.11 bits per heavy atom. The maximum atomic E-state index is 13.3. The number of nitrogens with zero attached hydrogens (tertiary/aromatic N) is 6. The van der Waals surface area contributed by atoms with E-state index in [2.05, 4.69) is 27.0 Å². The second kappa shape index (κ2) is 7.16. The molecule has 1 fully saturated rings. The van der Waals surface area contributed by atoms with Crippen molar-refractivity contribution in [3.05, 3.63) is 39.4 Å². The van der Waals surface area contributed by atoms with E-state index in [0.717, 1.165) is 17.1 Å². The van der Waals surface area contributed by atoms with Crippen LogP contribution in [0.25, 0.3) is 5.78 Å². The van der Waals surface area contributed by atoms with E-state index < -0.39 is 6.43 Å². The van der Waals surface area contributed by atoms with Gasteiger partial charge in [-0.3, -0.25) is 4.79 Å². The normalized spacial score (nSPS) is 20.3. The Hall–Kier alpha value is -2.49. The van der Waals surface area contributed by atoms with Crippen molar-refractivity contribution in [2.45, 2.75) is 39.5 Å². The highest BCUT2D eigenvalue weighted by molar-refractivity contribution is 7.13. The van der Waals surface area contributed by atoms with Crippen molar-refractivity contribution >= 4 is 23.0 Å². The lowest BCUT2D eigenvalue weighted by molar-refractivity contribution is 0.0669. The van der Waals surface area contributed by atoms with Crippen LogP contribution in [0.4, 0.5) is 8.78 Å². The first-order valence-electron chi connectivity index (χ1n) is 9.07. The predicted octanol–water partition coefficient (Wildman–Crippen LogP) is 3.40. The number of halogens is 2. The van der Waals surface area contributed by atoms with E-state index in [1.165, 1.54) is 28.2 Å². The third-order valence-electron chi connectivity index (χ3n) is 5.25. The summed E-state index contributed by atoms with van der Waals surface area (Å²) in [4.78, 5) is 27.7. The van der Waals surface area contributed by atoms with Crippen LogP contribution in [-0.2, 0) is 0 Å². The monoisotopic (exact) mass is 406 g/mol. The summed E-state index contributed by atoms with van der Waals surface area (Å²) in [5, 5.41) is 5.01. The molecule has 0 saturated carbocycles. The summed E-state index contributed by atoms with van der Waals surface area (Å²) in [6.45, 7) is 6.83. The highest BCUT2D eigenvalue weighted by atomic mass is 32.1. The van der Waals surface area contributed by atoms with Crippen molar-refractivity contribution in [3.8, 4) is 0 Å². The number of alkyl halides is 2. The van der Waals surface area contributed by atoms with Gasteiger partial charge in [0, 0.05) is 19.0 Å². The van der Waals surface area contributed by atoms with Crippen LogP contribution in [0, 0.1) is 19.8 Å². The fourth-order valence-electron chi connectivity index (χ4n) is 3.74. The van der Waals surface area contributed by atoms with Crippen molar-refractivity contribution in [1.29, 1.82) is 0 Å². The minimum atomic E-state index is -2.69. The molecule has 0 aliphatic carbocycles. The van der Waals surface area contributed by atoms with Gasteiger partial charge < -0.3 is 4.90 Å². The zero-order valence-corrected chi connectivity index (χ0v) is 16.6. The lowest BCUT2D eigenvalue weighted by Crippen LogP contribution is -2.42. The Labute approximate surface area is 164 Å². The van der Waals surface area contributed by atoms with E-state index in [9.17, 15) is 13.6 Å². The molecule has 1 saturated heterocycles. The van der Waals surface area contributed by atoms with Gasteiger partial charge in [0.1, 0.15) is 16.9 Å². The molecule has 148 valence electrons. The van der Waals surface area contributed by atoms with Crippen LogP contribution in [-0.4, -0.2) is 48.5 Å². The van der Waals surface area contributed by atoms with Gasteiger partial charge in [-0.15, -0.1) is 11.3 Å². The fourth-order valence-corrected chi connectivity index (χ4v) is 4.63. The van der Waals surface area contributed by atoms with Gasteiger partial charge in [0.05, 0.1) is 16.4 Å². The minimum Gasteiger partial charge on any atom is -0.337 e. The largest absolute Gasteiger partial charge is 0.337 e. The summed E-state index contributed by atoms with van der Waals surface area (Å²) < 4.78 is 28.2. The molecule has 1 unspecified atom stereocenters. The quantitative estimate of drug-likeness (QED) is 0.666. The van der Waals surface area contributed by atoms with Crippen LogP contribution in [0.3, 0.4) is 0 Å². The average molecular weight is 406 g/mol. The number of aromatic nitrogens is 5. The van der Waals surface area contributed by atoms with Gasteiger partial charge in [-0.2, -0.15) is 10.1 Å². The maximum Gasteiger partial charge on any atom is 0.280 e. The van der Waals surface area contributed by atoms with Crippen molar-refractivity contribution in [3.63, 3.8) is 0 Å². The summed E-state index contributed by atoms with van der Waals surface area (Å²) in [5.41, 5.74) is 1.02. The molecule has 0 N–H and O–H groups in total. The van der Waals surface area contributed by atoms with Crippen LogP contribution < -0.4 is 0 Å². The first-order chi connectivity index (χ1) is 13.3. The lowest BCUT2D eigenvalue weighted by atomic mass is 9.84. The molecule has 7 nitrogen and oxygen atoms in total. The highest BCUT2D eigenvalue weighted by Gasteiger charge is 2.34. The van der Waals surface area contributed by atoms with Crippen molar-refractivity contribution in [2.75, 3.05) is 13.1 Å². The molecule has 3 aromatic heterocycles. The lowest BCUT2D eigenvalue weighted by Gasteiger charge is -2.37. The molecule has 2 atom stereocenters. The highest BCUT2D eigenvalue weighted by Crippen LogP contribution is 2.34. The van der Waals surface area contributed by atoms with E-state index in [1.54, 1.807) is 4.90 Å². The van der Waals surface area contributed by atoms with E-state index in [-0.39, 0.29) is 29.2 Å². The Morgan fingerprint density at radius 3 is 2.79 bits per heavy atom. The molecule has 1 amide bonds. The van der Waals surface area contributed by atoms with E-state index >= 15 is 0 Å². The smallest absolute Gasteiger partial charge is 0.280 e. The van der Waals surface area contributed by atoms with Crippen LogP contribution in [0.1, 0.15) is 57.4 Å². The summed E-state index contributed by atoms with van der Waals surface area (Å²) in [5.74, 6) is 0.153. The molecular weight excluding hydrogens is 386 g/mol. The zero-order chi connectivity index (χ0) is 20.0. The Bertz CT molecular complexity index is 1030. The van der Waals surface area contributed by atoms with E-state index in [0.29, 0.717) is 23.7 Å². The third kappa shape index (κ3) is 3.25. The number of aryl methyl sites for hydroxylation is 2. The first-order valence-corrected chi connectivity index (χ1v) is 9.88. The van der Waals surface area contributed by atoms with E-state index in [4.69, 9.17) is 0 Å². The summed E-state index contributed by atoms with van der Waals surface area (Å²) in [7, 11) is 0. The zero-order valence-electron chi connectivity index (χ0n) is 15.8. The molecular formula is C18H20F2N6OS. The number of carbonyl (C=O) groups excluding carboxylic acids is 1. The molecule has 0 aromatic carbocycles. The molecule has 28 heavy (non-hydrogen) atoms. The van der Waals surface area contributed by atoms with Gasteiger partial charge in [-0.25, -0.2) is 23.3 Å². The number of thiazole rings is 1. The topological polar surface area (TPSA) is 76.3 Å². The molecule has 10 heteroatoms. The predicted molar refractivity (Wildman–Crippen MR) is 99.8 cm³/mol.